The molecule has 18 heavy (non-hydrogen) atoms. The highest BCUT2D eigenvalue weighted by Gasteiger charge is 2.15. The molecular weight excluding hydrogens is 226 g/mol. The van der Waals surface area contributed by atoms with Crippen LogP contribution in [0, 0.1) is 12.8 Å². The Morgan fingerprint density at radius 2 is 2.17 bits per heavy atom. The Balaban J connectivity index is 2.83. The summed E-state index contributed by atoms with van der Waals surface area (Å²) in [5.41, 5.74) is 5.07. The smallest absolute Gasteiger partial charge is 0.253 e. The summed E-state index contributed by atoms with van der Waals surface area (Å²) in [4.78, 5) is 14.1. The summed E-state index contributed by atoms with van der Waals surface area (Å²) < 4.78 is 0. The molecule has 0 bridgehead atoms. The summed E-state index contributed by atoms with van der Waals surface area (Å²) in [6.07, 6.45) is 1.08. The third-order valence-electron chi connectivity index (χ3n) is 3.25. The van der Waals surface area contributed by atoms with Gasteiger partial charge in [0.25, 0.3) is 5.91 Å². The monoisotopic (exact) mass is 249 g/mol. The lowest BCUT2D eigenvalue weighted by Gasteiger charge is -2.21. The Bertz CT molecular complexity index is 418. The Kier molecular flexibility index (Phi) is 5.16. The number of nitrogens with zero attached hydrogens (tertiary/aromatic N) is 1. The van der Waals surface area contributed by atoms with Crippen LogP contribution in [0.5, 0.6) is 0 Å². The SMILES string of the molecule is CCC(C)CN(C)C(=O)c1ccc(NN)cc1C. The standard InChI is InChI=1S/C14H23N3O/c1-5-10(2)9-17(4)14(18)13-7-6-12(16-15)8-11(13)3/h6-8,10,16H,5,9,15H2,1-4H3. The summed E-state index contributed by atoms with van der Waals surface area (Å²) in [6, 6.07) is 5.52. The zero-order valence-electron chi connectivity index (χ0n) is 11.7. The van der Waals surface area contributed by atoms with Crippen LogP contribution in [0.25, 0.3) is 0 Å². The Morgan fingerprint density at radius 1 is 1.50 bits per heavy atom. The van der Waals surface area contributed by atoms with E-state index >= 15 is 0 Å². The van der Waals surface area contributed by atoms with E-state index < -0.39 is 0 Å². The minimum atomic E-state index is 0.0661. The maximum Gasteiger partial charge on any atom is 0.253 e. The van der Waals surface area contributed by atoms with Crippen molar-refractivity contribution in [2.45, 2.75) is 27.2 Å². The predicted molar refractivity (Wildman–Crippen MR) is 75.4 cm³/mol. The second-order valence-corrected chi connectivity index (χ2v) is 4.87. The number of nitrogens with one attached hydrogen (secondary N) is 1. The van der Waals surface area contributed by atoms with E-state index in [1.54, 1.807) is 4.90 Å². The molecule has 1 atom stereocenters. The molecule has 1 aromatic rings. The van der Waals surface area contributed by atoms with Crippen molar-refractivity contribution in [3.8, 4) is 0 Å². The maximum atomic E-state index is 12.3. The Hall–Kier alpha value is -1.55. The molecular formula is C14H23N3O. The van der Waals surface area contributed by atoms with Crippen molar-refractivity contribution in [2.24, 2.45) is 11.8 Å². The van der Waals surface area contributed by atoms with Crippen molar-refractivity contribution in [3.63, 3.8) is 0 Å². The van der Waals surface area contributed by atoms with Crippen LogP contribution in [-0.4, -0.2) is 24.4 Å². The van der Waals surface area contributed by atoms with Gasteiger partial charge in [-0.05, 0) is 36.6 Å². The van der Waals surface area contributed by atoms with Gasteiger partial charge in [0.1, 0.15) is 0 Å². The van der Waals surface area contributed by atoms with Crippen LogP contribution >= 0.6 is 0 Å². The molecule has 0 saturated heterocycles. The van der Waals surface area contributed by atoms with Crippen molar-refractivity contribution >= 4 is 11.6 Å². The number of aryl methyl sites for hydroxylation is 1. The fraction of sp³-hybridized carbons (Fsp3) is 0.500. The quantitative estimate of drug-likeness (QED) is 0.622. The molecule has 1 aromatic carbocycles. The van der Waals surface area contributed by atoms with Gasteiger partial charge < -0.3 is 10.3 Å². The first-order chi connectivity index (χ1) is 8.49. The van der Waals surface area contributed by atoms with Gasteiger partial charge in [-0.1, -0.05) is 20.3 Å². The minimum absolute atomic E-state index is 0.0661. The molecule has 0 aromatic heterocycles. The van der Waals surface area contributed by atoms with Crippen molar-refractivity contribution < 1.29 is 4.79 Å². The van der Waals surface area contributed by atoms with Crippen molar-refractivity contribution in [1.82, 2.24) is 4.90 Å². The first-order valence-electron chi connectivity index (χ1n) is 6.32. The molecule has 0 heterocycles. The molecule has 0 fully saturated rings. The average molecular weight is 249 g/mol. The summed E-state index contributed by atoms with van der Waals surface area (Å²) in [7, 11) is 1.85. The average Bonchev–Trinajstić information content (AvgIpc) is 2.37. The molecule has 100 valence electrons. The number of carbonyl (C=O) groups is 1. The minimum Gasteiger partial charge on any atom is -0.341 e. The second kappa shape index (κ2) is 6.40. The van der Waals surface area contributed by atoms with E-state index in [1.807, 2.05) is 32.2 Å². The fourth-order valence-electron chi connectivity index (χ4n) is 1.88. The highest BCUT2D eigenvalue weighted by atomic mass is 16.2. The van der Waals surface area contributed by atoms with Crippen LogP contribution < -0.4 is 11.3 Å². The zero-order valence-corrected chi connectivity index (χ0v) is 11.7. The summed E-state index contributed by atoms with van der Waals surface area (Å²) >= 11 is 0. The van der Waals surface area contributed by atoms with Gasteiger partial charge in [0.2, 0.25) is 0 Å². The van der Waals surface area contributed by atoms with E-state index in [2.05, 4.69) is 19.3 Å². The maximum absolute atomic E-state index is 12.3. The first-order valence-corrected chi connectivity index (χ1v) is 6.32. The molecule has 1 rings (SSSR count). The third-order valence-corrected chi connectivity index (χ3v) is 3.25. The van der Waals surface area contributed by atoms with Gasteiger partial charge in [-0.2, -0.15) is 0 Å². The zero-order chi connectivity index (χ0) is 13.7. The van der Waals surface area contributed by atoms with Crippen LogP contribution in [-0.2, 0) is 0 Å². The number of carbonyl (C=O) groups excluding carboxylic acids is 1. The van der Waals surface area contributed by atoms with Gasteiger partial charge in [0.15, 0.2) is 0 Å². The largest absolute Gasteiger partial charge is 0.341 e. The summed E-state index contributed by atoms with van der Waals surface area (Å²) in [5, 5.41) is 0. The number of nitrogens with two attached hydrogens (primary N) is 1. The first kappa shape index (κ1) is 14.5. The van der Waals surface area contributed by atoms with Crippen LogP contribution in [0.4, 0.5) is 5.69 Å². The Labute approximate surface area is 109 Å². The summed E-state index contributed by atoms with van der Waals surface area (Å²) in [6.45, 7) is 6.99. The van der Waals surface area contributed by atoms with E-state index in [0.29, 0.717) is 5.92 Å². The Morgan fingerprint density at radius 3 is 2.67 bits per heavy atom. The highest BCUT2D eigenvalue weighted by molar-refractivity contribution is 5.95. The molecule has 0 radical (unpaired) electrons. The third kappa shape index (κ3) is 3.47. The molecule has 1 amide bonds. The van der Waals surface area contributed by atoms with Gasteiger partial charge in [0, 0.05) is 24.8 Å². The van der Waals surface area contributed by atoms with Crippen LogP contribution in [0.1, 0.15) is 36.2 Å². The molecule has 0 saturated carbocycles. The molecule has 0 aliphatic carbocycles. The number of hydrazine groups is 1. The van der Waals surface area contributed by atoms with Gasteiger partial charge in [-0.15, -0.1) is 0 Å². The molecule has 0 aliphatic rings. The van der Waals surface area contributed by atoms with E-state index in [0.717, 1.165) is 29.8 Å². The molecule has 0 spiro atoms. The molecule has 1 unspecified atom stereocenters. The van der Waals surface area contributed by atoms with Crippen molar-refractivity contribution in [2.75, 3.05) is 19.0 Å². The van der Waals surface area contributed by atoms with Gasteiger partial charge in [-0.25, -0.2) is 0 Å². The molecule has 4 nitrogen and oxygen atoms in total. The van der Waals surface area contributed by atoms with Crippen molar-refractivity contribution in [1.29, 1.82) is 0 Å². The lowest BCUT2D eigenvalue weighted by Crippen LogP contribution is -2.31. The number of nitrogen functional groups attached to an aromatic ring is 1. The second-order valence-electron chi connectivity index (χ2n) is 4.87. The number of rotatable bonds is 5. The number of benzene rings is 1. The number of anilines is 1. The van der Waals surface area contributed by atoms with Gasteiger partial charge >= 0.3 is 0 Å². The predicted octanol–water partition coefficient (Wildman–Crippen LogP) is 2.40. The number of hydrogen-bond donors (Lipinski definition) is 2. The lowest BCUT2D eigenvalue weighted by atomic mass is 10.1. The van der Waals surface area contributed by atoms with E-state index in [4.69, 9.17) is 5.84 Å². The fourth-order valence-corrected chi connectivity index (χ4v) is 1.88. The van der Waals surface area contributed by atoms with E-state index in [1.165, 1.54) is 0 Å². The lowest BCUT2D eigenvalue weighted by molar-refractivity contribution is 0.0774. The number of hydrogen-bond acceptors (Lipinski definition) is 3. The van der Waals surface area contributed by atoms with E-state index in [9.17, 15) is 4.79 Å². The van der Waals surface area contributed by atoms with Crippen LogP contribution in [0.3, 0.4) is 0 Å². The molecule has 4 heteroatoms. The van der Waals surface area contributed by atoms with E-state index in [-0.39, 0.29) is 5.91 Å². The molecule has 0 aliphatic heterocycles. The van der Waals surface area contributed by atoms with Crippen LogP contribution in [0.2, 0.25) is 0 Å². The summed E-state index contributed by atoms with van der Waals surface area (Å²) in [5.74, 6) is 5.93. The van der Waals surface area contributed by atoms with Crippen molar-refractivity contribution in [3.05, 3.63) is 29.3 Å². The van der Waals surface area contributed by atoms with Crippen LogP contribution in [0.15, 0.2) is 18.2 Å². The topological polar surface area (TPSA) is 58.4 Å². The van der Waals surface area contributed by atoms with Gasteiger partial charge in [0.05, 0.1) is 0 Å². The highest BCUT2D eigenvalue weighted by Crippen LogP contribution is 2.16. The van der Waals surface area contributed by atoms with Gasteiger partial charge in [-0.3, -0.25) is 10.6 Å². The number of amides is 1. The molecule has 3 N–H and O–H groups in total. The normalized spacial score (nSPS) is 12.1.